The van der Waals surface area contributed by atoms with Crippen LogP contribution < -0.4 is 15.8 Å². The van der Waals surface area contributed by atoms with E-state index >= 15 is 0 Å². The average Bonchev–Trinajstić information content (AvgIpc) is 3.55. The normalized spacial score (nSPS) is 15.6. The average molecular weight is 593 g/mol. The number of aromatic amines is 1. The van der Waals surface area contributed by atoms with Crippen molar-refractivity contribution in [2.24, 2.45) is 0 Å². The van der Waals surface area contributed by atoms with E-state index in [1.54, 1.807) is 25.4 Å². The van der Waals surface area contributed by atoms with Crippen molar-refractivity contribution in [3.63, 3.8) is 0 Å². The molecule has 5 rings (SSSR count). The van der Waals surface area contributed by atoms with E-state index in [0.29, 0.717) is 11.2 Å². The van der Waals surface area contributed by atoms with Gasteiger partial charge in [-0.05, 0) is 39.0 Å². The van der Waals surface area contributed by atoms with Gasteiger partial charge in [0.1, 0.15) is 11.3 Å². The third kappa shape index (κ3) is 6.03. The molecule has 0 aliphatic carbocycles. The van der Waals surface area contributed by atoms with Crippen LogP contribution in [-0.2, 0) is 10.3 Å². The fourth-order valence-electron chi connectivity index (χ4n) is 4.69. The van der Waals surface area contributed by atoms with Crippen molar-refractivity contribution >= 4 is 34.4 Å². The molecule has 0 amide bonds. The van der Waals surface area contributed by atoms with E-state index in [9.17, 15) is 9.18 Å². The van der Waals surface area contributed by atoms with Crippen LogP contribution in [0.2, 0.25) is 10.0 Å². The van der Waals surface area contributed by atoms with Gasteiger partial charge in [0.15, 0.2) is 11.8 Å². The predicted octanol–water partition coefficient (Wildman–Crippen LogP) is 3.88. The molecule has 3 aromatic heterocycles. The van der Waals surface area contributed by atoms with Gasteiger partial charge in [-0.15, -0.1) is 4.73 Å². The molecule has 1 atom stereocenters. The van der Waals surface area contributed by atoms with Crippen LogP contribution in [0.4, 0.5) is 4.39 Å². The van der Waals surface area contributed by atoms with Gasteiger partial charge in [-0.3, -0.25) is 14.6 Å². The van der Waals surface area contributed by atoms with Gasteiger partial charge in [0.05, 0.1) is 30.0 Å². The fourth-order valence-corrected chi connectivity index (χ4v) is 5.37. The zero-order valence-electron chi connectivity index (χ0n) is 22.6. The van der Waals surface area contributed by atoms with Gasteiger partial charge in [-0.2, -0.15) is 5.10 Å². The SMILES string of the molecule is CC(On1c(=O)[nH]c2ncc(-c3cnn(C(C)(C)CNCCN4CCOCC4)c3)cc21)c1c(Cl)ccc(F)c1Cl. The Hall–Kier alpha value is -2.96. The molecule has 0 bridgehead atoms. The molecule has 0 radical (unpaired) electrons. The molecule has 4 heterocycles. The minimum absolute atomic E-state index is 0.155. The summed E-state index contributed by atoms with van der Waals surface area (Å²) in [5.74, 6) is -0.626. The van der Waals surface area contributed by atoms with E-state index in [4.69, 9.17) is 32.8 Å². The number of pyridine rings is 1. The molecule has 10 nitrogen and oxygen atoms in total. The third-order valence-corrected chi connectivity index (χ3v) is 7.76. The Kier molecular flexibility index (Phi) is 8.48. The predicted molar refractivity (Wildman–Crippen MR) is 152 cm³/mol. The summed E-state index contributed by atoms with van der Waals surface area (Å²) in [5.41, 5.74) is 1.77. The van der Waals surface area contributed by atoms with Crippen LogP contribution >= 0.6 is 23.2 Å². The van der Waals surface area contributed by atoms with Crippen LogP contribution in [0.25, 0.3) is 22.3 Å². The number of halogens is 3. The van der Waals surface area contributed by atoms with Gasteiger partial charge in [-0.25, -0.2) is 14.2 Å². The number of ether oxygens (including phenoxy) is 1. The second kappa shape index (κ2) is 11.9. The minimum atomic E-state index is -0.824. The molecular weight excluding hydrogens is 560 g/mol. The lowest BCUT2D eigenvalue weighted by molar-refractivity contribution is 0.0382. The van der Waals surface area contributed by atoms with Gasteiger partial charge < -0.3 is 14.9 Å². The van der Waals surface area contributed by atoms with Crippen molar-refractivity contribution in [1.82, 2.24) is 34.7 Å². The molecule has 1 aliphatic rings. The summed E-state index contributed by atoms with van der Waals surface area (Å²) in [7, 11) is 0. The number of aromatic nitrogens is 5. The van der Waals surface area contributed by atoms with Crippen molar-refractivity contribution in [2.45, 2.75) is 32.4 Å². The molecule has 0 saturated carbocycles. The first-order valence-corrected chi connectivity index (χ1v) is 13.9. The summed E-state index contributed by atoms with van der Waals surface area (Å²) in [6, 6.07) is 4.36. The van der Waals surface area contributed by atoms with Gasteiger partial charge in [0.25, 0.3) is 0 Å². The second-order valence-corrected chi connectivity index (χ2v) is 11.2. The van der Waals surface area contributed by atoms with Gasteiger partial charge >= 0.3 is 5.69 Å². The quantitative estimate of drug-likeness (QED) is 0.213. The Labute approximate surface area is 240 Å². The number of hydrogen-bond acceptors (Lipinski definition) is 7. The fraction of sp³-hybridized carbons (Fsp3) is 0.444. The highest BCUT2D eigenvalue weighted by molar-refractivity contribution is 6.36. The van der Waals surface area contributed by atoms with Gasteiger partial charge in [-0.1, -0.05) is 23.2 Å². The lowest BCUT2D eigenvalue weighted by Gasteiger charge is -2.29. The molecule has 1 fully saturated rings. The zero-order chi connectivity index (χ0) is 28.4. The number of nitrogens with zero attached hydrogens (tertiary/aromatic N) is 5. The van der Waals surface area contributed by atoms with Crippen LogP contribution in [0.1, 0.15) is 32.4 Å². The molecule has 0 spiro atoms. The monoisotopic (exact) mass is 591 g/mol. The van der Waals surface area contributed by atoms with E-state index in [0.717, 1.165) is 61.8 Å². The number of fused-ring (bicyclic) bond motifs is 1. The van der Waals surface area contributed by atoms with Gasteiger partial charge in [0, 0.05) is 66.8 Å². The molecule has 4 aromatic rings. The molecule has 40 heavy (non-hydrogen) atoms. The number of H-pyrrole nitrogens is 1. The Bertz CT molecular complexity index is 1540. The van der Waals surface area contributed by atoms with Gasteiger partial charge in [0.2, 0.25) is 0 Å². The summed E-state index contributed by atoms with van der Waals surface area (Å²) in [4.78, 5) is 28.1. The first-order chi connectivity index (χ1) is 19.1. The number of imidazole rings is 1. The maximum atomic E-state index is 14.1. The minimum Gasteiger partial charge on any atom is -0.401 e. The highest BCUT2D eigenvalue weighted by Crippen LogP contribution is 2.33. The topological polar surface area (TPSA) is 102 Å². The lowest BCUT2D eigenvalue weighted by atomic mass is 10.1. The van der Waals surface area contributed by atoms with E-state index in [1.165, 1.54) is 12.1 Å². The summed E-state index contributed by atoms with van der Waals surface area (Å²) in [6.07, 6.45) is 4.57. The highest BCUT2D eigenvalue weighted by atomic mass is 35.5. The van der Waals surface area contributed by atoms with E-state index in [-0.39, 0.29) is 21.1 Å². The van der Waals surface area contributed by atoms with E-state index in [2.05, 4.69) is 39.1 Å². The second-order valence-electron chi connectivity index (χ2n) is 10.4. The number of benzene rings is 1. The molecule has 1 aromatic carbocycles. The summed E-state index contributed by atoms with van der Waals surface area (Å²) < 4.78 is 22.5. The molecule has 13 heteroatoms. The van der Waals surface area contributed by atoms with Crippen molar-refractivity contribution in [3.05, 3.63) is 68.7 Å². The standard InChI is InChI=1S/C27H32Cl2FN7O3/c1-17(23-20(28)4-5-21(30)24(23)29)40-37-22-12-18(13-32-25(22)34-26(37)38)19-14-33-36(15-19)27(2,3)16-31-6-7-35-8-10-39-11-9-35/h4-5,12-15,17,31H,6-11,16H2,1-3H3,(H,32,34,38). The van der Waals surface area contributed by atoms with Crippen molar-refractivity contribution in [3.8, 4) is 11.1 Å². The molecule has 2 N–H and O–H groups in total. The lowest BCUT2D eigenvalue weighted by Crippen LogP contribution is -2.44. The van der Waals surface area contributed by atoms with Crippen LogP contribution in [0.5, 0.6) is 0 Å². The molecule has 1 saturated heterocycles. The number of rotatable bonds is 10. The van der Waals surface area contributed by atoms with Crippen LogP contribution in [0, 0.1) is 5.82 Å². The van der Waals surface area contributed by atoms with Crippen molar-refractivity contribution in [2.75, 3.05) is 45.9 Å². The first-order valence-electron chi connectivity index (χ1n) is 13.1. The largest absolute Gasteiger partial charge is 0.401 e. The maximum absolute atomic E-state index is 14.1. The Balaban J connectivity index is 1.32. The number of hydrogen-bond donors (Lipinski definition) is 2. The summed E-state index contributed by atoms with van der Waals surface area (Å²) in [5, 5.41) is 8.22. The molecular formula is C27H32Cl2FN7O3. The summed E-state index contributed by atoms with van der Waals surface area (Å²) >= 11 is 12.4. The Morgan fingerprint density at radius 1 is 1.23 bits per heavy atom. The van der Waals surface area contributed by atoms with Crippen LogP contribution in [0.15, 0.2) is 41.6 Å². The first kappa shape index (κ1) is 28.6. The van der Waals surface area contributed by atoms with Crippen molar-refractivity contribution < 1.29 is 14.0 Å². The maximum Gasteiger partial charge on any atom is 0.360 e. The van der Waals surface area contributed by atoms with Crippen molar-refractivity contribution in [1.29, 1.82) is 0 Å². The smallest absolute Gasteiger partial charge is 0.360 e. The Morgan fingerprint density at radius 3 is 2.77 bits per heavy atom. The zero-order valence-corrected chi connectivity index (χ0v) is 24.1. The molecule has 1 aliphatic heterocycles. The molecule has 1 unspecified atom stereocenters. The number of morpholine rings is 1. The third-order valence-electron chi connectivity index (χ3n) is 7.05. The number of nitrogens with one attached hydrogen (secondary N) is 2. The van der Waals surface area contributed by atoms with Crippen LogP contribution in [-0.4, -0.2) is 75.3 Å². The van der Waals surface area contributed by atoms with Crippen LogP contribution in [0.3, 0.4) is 0 Å². The Morgan fingerprint density at radius 2 is 2.00 bits per heavy atom. The highest BCUT2D eigenvalue weighted by Gasteiger charge is 2.23. The summed E-state index contributed by atoms with van der Waals surface area (Å²) in [6.45, 7) is 12.0. The molecule has 214 valence electrons. The van der Waals surface area contributed by atoms with E-state index in [1.807, 2.05) is 10.9 Å². The van der Waals surface area contributed by atoms with E-state index < -0.39 is 17.6 Å².